The Bertz CT molecular complexity index is 668. The van der Waals surface area contributed by atoms with Gasteiger partial charge in [0.05, 0.1) is 17.5 Å². The third-order valence-corrected chi connectivity index (χ3v) is 2.85. The van der Waals surface area contributed by atoms with Crippen LogP contribution in [0.4, 0.5) is 5.69 Å². The summed E-state index contributed by atoms with van der Waals surface area (Å²) in [6, 6.07) is 4.25. The Morgan fingerprint density at radius 3 is 2.90 bits per heavy atom. The Morgan fingerprint density at radius 1 is 1.50 bits per heavy atom. The predicted octanol–water partition coefficient (Wildman–Crippen LogP) is 2.92. The number of nitrogens with zero attached hydrogens (tertiary/aromatic N) is 2. The van der Waals surface area contributed by atoms with Crippen molar-refractivity contribution in [3.8, 4) is 11.3 Å². The maximum absolute atomic E-state index is 10.8. The molecule has 0 aliphatic carbocycles. The molecule has 20 heavy (non-hydrogen) atoms. The first-order valence-corrected chi connectivity index (χ1v) is 5.96. The summed E-state index contributed by atoms with van der Waals surface area (Å²) in [6.07, 6.45) is 1.45. The van der Waals surface area contributed by atoms with E-state index < -0.39 is 10.9 Å². The summed E-state index contributed by atoms with van der Waals surface area (Å²) in [4.78, 5) is 24.6. The fraction of sp³-hybridized carbons (Fsp3) is 0.167. The number of carboxylic acid groups (broad SMARTS) is 1. The third kappa shape index (κ3) is 3.12. The van der Waals surface area contributed by atoms with E-state index in [4.69, 9.17) is 21.1 Å². The van der Waals surface area contributed by atoms with Crippen LogP contribution in [0, 0.1) is 10.1 Å². The SMILES string of the molecule is O=C(O)CCc1ncc(-c2ccc(Cl)c([N+](=O)[O-])c2)o1. The molecule has 0 unspecified atom stereocenters. The first-order valence-electron chi connectivity index (χ1n) is 5.58. The molecule has 1 heterocycles. The lowest BCUT2D eigenvalue weighted by molar-refractivity contribution is -0.384. The van der Waals surface area contributed by atoms with Crippen LogP contribution in [0.15, 0.2) is 28.8 Å². The van der Waals surface area contributed by atoms with Crippen molar-refractivity contribution in [3.63, 3.8) is 0 Å². The highest BCUT2D eigenvalue weighted by atomic mass is 35.5. The molecule has 0 spiro atoms. The fourth-order valence-corrected chi connectivity index (χ4v) is 1.77. The van der Waals surface area contributed by atoms with Crippen molar-refractivity contribution in [2.45, 2.75) is 12.8 Å². The maximum atomic E-state index is 10.8. The highest BCUT2D eigenvalue weighted by Crippen LogP contribution is 2.30. The van der Waals surface area contributed by atoms with Crippen LogP contribution < -0.4 is 0 Å². The van der Waals surface area contributed by atoms with Gasteiger partial charge in [-0.05, 0) is 12.1 Å². The Kier molecular flexibility index (Phi) is 3.99. The van der Waals surface area contributed by atoms with Crippen LogP contribution in [-0.2, 0) is 11.2 Å². The van der Waals surface area contributed by atoms with Crippen LogP contribution in [0.3, 0.4) is 0 Å². The lowest BCUT2D eigenvalue weighted by Gasteiger charge is -1.98. The number of rotatable bonds is 5. The second-order valence-electron chi connectivity index (χ2n) is 3.94. The Hall–Kier alpha value is -2.41. The highest BCUT2D eigenvalue weighted by molar-refractivity contribution is 6.32. The molecule has 0 aliphatic heterocycles. The van der Waals surface area contributed by atoms with Crippen molar-refractivity contribution in [2.24, 2.45) is 0 Å². The van der Waals surface area contributed by atoms with Crippen molar-refractivity contribution < 1.29 is 19.2 Å². The minimum absolute atomic E-state index is 0.0318. The second kappa shape index (κ2) is 5.70. The number of benzene rings is 1. The second-order valence-corrected chi connectivity index (χ2v) is 4.34. The van der Waals surface area contributed by atoms with Gasteiger partial charge in [-0.3, -0.25) is 14.9 Å². The molecular formula is C12H9ClN2O5. The van der Waals surface area contributed by atoms with Gasteiger partial charge in [0.2, 0.25) is 0 Å². The molecule has 0 aliphatic rings. The smallest absolute Gasteiger partial charge is 0.303 e. The Labute approximate surface area is 118 Å². The molecule has 0 bridgehead atoms. The van der Waals surface area contributed by atoms with E-state index in [0.717, 1.165) is 0 Å². The van der Waals surface area contributed by atoms with Crippen LogP contribution in [-0.4, -0.2) is 21.0 Å². The number of hydrogen-bond donors (Lipinski definition) is 1. The highest BCUT2D eigenvalue weighted by Gasteiger charge is 2.15. The number of carbonyl (C=O) groups is 1. The third-order valence-electron chi connectivity index (χ3n) is 2.53. The number of hydrogen-bond acceptors (Lipinski definition) is 5. The van der Waals surface area contributed by atoms with Gasteiger partial charge in [-0.25, -0.2) is 4.98 Å². The number of carboxylic acids is 1. The summed E-state index contributed by atoms with van der Waals surface area (Å²) < 4.78 is 5.35. The molecule has 1 N–H and O–H groups in total. The average Bonchev–Trinajstić information content (AvgIpc) is 2.85. The molecule has 2 rings (SSSR count). The van der Waals surface area contributed by atoms with Crippen LogP contribution in [0.25, 0.3) is 11.3 Å². The molecule has 7 nitrogen and oxygen atoms in total. The molecule has 104 valence electrons. The van der Waals surface area contributed by atoms with Crippen LogP contribution in [0.2, 0.25) is 5.02 Å². The molecule has 0 atom stereocenters. The molecule has 0 saturated carbocycles. The van der Waals surface area contributed by atoms with Gasteiger partial charge in [0.1, 0.15) is 5.02 Å². The van der Waals surface area contributed by atoms with E-state index in [0.29, 0.717) is 11.3 Å². The van der Waals surface area contributed by atoms with E-state index in [1.807, 2.05) is 0 Å². The first-order chi connectivity index (χ1) is 9.47. The number of oxazole rings is 1. The monoisotopic (exact) mass is 296 g/mol. The molecule has 1 aromatic heterocycles. The number of nitro groups is 1. The Morgan fingerprint density at radius 2 is 2.25 bits per heavy atom. The van der Waals surface area contributed by atoms with Crippen molar-refractivity contribution in [2.75, 3.05) is 0 Å². The largest absolute Gasteiger partial charge is 0.481 e. The molecule has 0 amide bonds. The number of aryl methyl sites for hydroxylation is 1. The molecule has 2 aromatic rings. The summed E-state index contributed by atoms with van der Waals surface area (Å²) >= 11 is 5.72. The summed E-state index contributed by atoms with van der Waals surface area (Å²) in [5, 5.41) is 19.4. The zero-order valence-electron chi connectivity index (χ0n) is 10.1. The van der Waals surface area contributed by atoms with E-state index in [-0.39, 0.29) is 29.4 Å². The van der Waals surface area contributed by atoms with Crippen molar-refractivity contribution in [1.29, 1.82) is 0 Å². The van der Waals surface area contributed by atoms with Crippen molar-refractivity contribution >= 4 is 23.3 Å². The topological polar surface area (TPSA) is 106 Å². The van der Waals surface area contributed by atoms with E-state index in [1.54, 1.807) is 6.07 Å². The predicted molar refractivity (Wildman–Crippen MR) is 69.6 cm³/mol. The molecule has 0 radical (unpaired) electrons. The Balaban J connectivity index is 2.26. The number of aromatic nitrogens is 1. The summed E-state index contributed by atoms with van der Waals surface area (Å²) in [7, 11) is 0. The lowest BCUT2D eigenvalue weighted by Crippen LogP contribution is -1.97. The molecular weight excluding hydrogens is 288 g/mol. The van der Waals surface area contributed by atoms with Gasteiger partial charge >= 0.3 is 5.97 Å². The van der Waals surface area contributed by atoms with Gasteiger partial charge in [0.25, 0.3) is 5.69 Å². The van der Waals surface area contributed by atoms with Crippen LogP contribution >= 0.6 is 11.6 Å². The normalized spacial score (nSPS) is 10.4. The minimum atomic E-state index is -0.952. The van der Waals surface area contributed by atoms with E-state index in [1.165, 1.54) is 18.3 Å². The van der Waals surface area contributed by atoms with Gasteiger partial charge < -0.3 is 9.52 Å². The quantitative estimate of drug-likeness (QED) is 0.671. The van der Waals surface area contributed by atoms with Gasteiger partial charge in [-0.1, -0.05) is 11.6 Å². The van der Waals surface area contributed by atoms with E-state index >= 15 is 0 Å². The van der Waals surface area contributed by atoms with Gasteiger partial charge in [0, 0.05) is 18.1 Å². The van der Waals surface area contributed by atoms with Gasteiger partial charge in [0.15, 0.2) is 11.7 Å². The standard InChI is InChI=1S/C12H9ClN2O5/c13-8-2-1-7(5-9(8)15(18)19)10-6-14-11(20-10)3-4-12(16)17/h1-2,5-6H,3-4H2,(H,16,17). The number of aliphatic carboxylic acids is 1. The van der Waals surface area contributed by atoms with Crippen LogP contribution in [0.1, 0.15) is 12.3 Å². The van der Waals surface area contributed by atoms with Crippen LogP contribution in [0.5, 0.6) is 0 Å². The zero-order chi connectivity index (χ0) is 14.7. The molecule has 0 saturated heterocycles. The molecule has 8 heteroatoms. The van der Waals surface area contributed by atoms with E-state index in [9.17, 15) is 14.9 Å². The molecule has 0 fully saturated rings. The van der Waals surface area contributed by atoms with Crippen molar-refractivity contribution in [3.05, 3.63) is 45.4 Å². The molecule has 1 aromatic carbocycles. The lowest BCUT2D eigenvalue weighted by atomic mass is 10.1. The van der Waals surface area contributed by atoms with Crippen molar-refractivity contribution in [1.82, 2.24) is 4.98 Å². The van der Waals surface area contributed by atoms with E-state index in [2.05, 4.69) is 4.98 Å². The van der Waals surface area contributed by atoms with Gasteiger partial charge in [-0.2, -0.15) is 0 Å². The minimum Gasteiger partial charge on any atom is -0.481 e. The number of nitro benzene ring substituents is 1. The van der Waals surface area contributed by atoms with Gasteiger partial charge in [-0.15, -0.1) is 0 Å². The first kappa shape index (κ1) is 14.0. The summed E-state index contributed by atoms with van der Waals surface area (Å²) in [5.41, 5.74) is 0.225. The summed E-state index contributed by atoms with van der Waals surface area (Å²) in [6.45, 7) is 0. The fourth-order valence-electron chi connectivity index (χ4n) is 1.58. The zero-order valence-corrected chi connectivity index (χ0v) is 10.8. The summed E-state index contributed by atoms with van der Waals surface area (Å²) in [5.74, 6) is -0.364. The number of halogens is 1. The average molecular weight is 297 g/mol. The maximum Gasteiger partial charge on any atom is 0.303 e.